The van der Waals surface area contributed by atoms with Gasteiger partial charge in [-0.15, -0.1) is 0 Å². The number of aliphatic hydroxyl groups excluding tert-OH is 1. The van der Waals surface area contributed by atoms with Crippen LogP contribution in [0.4, 0.5) is 0 Å². The molecular weight excluding hydrogens is 366 g/mol. The smallest absolute Gasteiger partial charge is 0.227 e. The van der Waals surface area contributed by atoms with Crippen molar-refractivity contribution in [3.8, 4) is 0 Å². The molecule has 2 fully saturated rings. The number of likely N-dealkylation sites (tertiary alicyclic amines) is 1. The number of aromatic nitrogens is 1. The molecule has 2 N–H and O–H groups in total. The lowest BCUT2D eigenvalue weighted by molar-refractivity contribution is -0.150. The Balaban J connectivity index is 1.52. The van der Waals surface area contributed by atoms with Crippen molar-refractivity contribution in [1.29, 1.82) is 0 Å². The standard InChI is InChI=1S/C23H27N3O3/c27-15-20-22(17-5-2-1-3-6-17)19(14-25-23(29)18-7-4-8-18)26(20)21(28)13-16-9-11-24-12-10-16/h1-3,5-6,9-12,18-20,22,27H,4,7-8,13-15H2,(H,25,29)/t19-,20+,22-/m1/s1. The first-order valence-corrected chi connectivity index (χ1v) is 10.3. The summed E-state index contributed by atoms with van der Waals surface area (Å²) in [5.74, 6) is 0.159. The van der Waals surface area contributed by atoms with E-state index in [2.05, 4.69) is 10.3 Å². The molecule has 0 bridgehead atoms. The number of nitrogens with zero attached hydrogens (tertiary/aromatic N) is 2. The monoisotopic (exact) mass is 393 g/mol. The molecule has 6 nitrogen and oxygen atoms in total. The Hall–Kier alpha value is -2.73. The van der Waals surface area contributed by atoms with Gasteiger partial charge in [-0.3, -0.25) is 14.6 Å². The fourth-order valence-corrected chi connectivity index (χ4v) is 4.45. The zero-order valence-electron chi connectivity index (χ0n) is 16.4. The third kappa shape index (κ3) is 4.03. The van der Waals surface area contributed by atoms with Crippen LogP contribution in [0.5, 0.6) is 0 Å². The largest absolute Gasteiger partial charge is 0.394 e. The van der Waals surface area contributed by atoms with Crippen LogP contribution in [0.2, 0.25) is 0 Å². The van der Waals surface area contributed by atoms with Crippen molar-refractivity contribution >= 4 is 11.8 Å². The molecule has 2 aliphatic rings. The predicted molar refractivity (Wildman–Crippen MR) is 109 cm³/mol. The van der Waals surface area contributed by atoms with Crippen LogP contribution in [0, 0.1) is 5.92 Å². The van der Waals surface area contributed by atoms with Gasteiger partial charge in [0.2, 0.25) is 11.8 Å². The summed E-state index contributed by atoms with van der Waals surface area (Å²) in [6.07, 6.45) is 6.60. The average molecular weight is 393 g/mol. The molecule has 0 unspecified atom stereocenters. The van der Waals surface area contributed by atoms with Crippen molar-refractivity contribution in [2.24, 2.45) is 5.92 Å². The second-order valence-electron chi connectivity index (χ2n) is 7.96. The lowest BCUT2D eigenvalue weighted by Gasteiger charge is -2.55. The van der Waals surface area contributed by atoms with Gasteiger partial charge in [0.05, 0.1) is 25.1 Å². The summed E-state index contributed by atoms with van der Waals surface area (Å²) in [4.78, 5) is 31.2. The first-order valence-electron chi connectivity index (χ1n) is 10.3. The van der Waals surface area contributed by atoms with E-state index in [0.29, 0.717) is 6.54 Å². The van der Waals surface area contributed by atoms with Crippen molar-refractivity contribution in [2.75, 3.05) is 13.2 Å². The normalized spacial score (nSPS) is 23.8. The maximum atomic E-state index is 13.1. The molecule has 1 aliphatic heterocycles. The zero-order chi connectivity index (χ0) is 20.2. The van der Waals surface area contributed by atoms with E-state index in [1.807, 2.05) is 42.5 Å². The van der Waals surface area contributed by atoms with Gasteiger partial charge in [0.25, 0.3) is 0 Å². The lowest BCUT2D eigenvalue weighted by Crippen LogP contribution is -2.69. The Bertz CT molecular complexity index is 839. The topological polar surface area (TPSA) is 82.5 Å². The number of pyridine rings is 1. The van der Waals surface area contributed by atoms with Crippen LogP contribution in [0.3, 0.4) is 0 Å². The number of rotatable bonds is 7. The summed E-state index contributed by atoms with van der Waals surface area (Å²) in [5.41, 5.74) is 1.98. The predicted octanol–water partition coefficient (Wildman–Crippen LogP) is 1.90. The highest BCUT2D eigenvalue weighted by atomic mass is 16.3. The van der Waals surface area contributed by atoms with Gasteiger partial charge in [0.1, 0.15) is 0 Å². The molecule has 6 heteroatoms. The van der Waals surface area contributed by atoms with E-state index in [4.69, 9.17) is 0 Å². The molecule has 1 aromatic carbocycles. The zero-order valence-corrected chi connectivity index (χ0v) is 16.4. The minimum Gasteiger partial charge on any atom is -0.394 e. The molecule has 3 atom stereocenters. The van der Waals surface area contributed by atoms with Crippen molar-refractivity contribution in [3.05, 3.63) is 66.0 Å². The summed E-state index contributed by atoms with van der Waals surface area (Å²) in [7, 11) is 0. The van der Waals surface area contributed by atoms with E-state index in [-0.39, 0.29) is 48.8 Å². The summed E-state index contributed by atoms with van der Waals surface area (Å²) in [5, 5.41) is 13.1. The molecule has 0 spiro atoms. The van der Waals surface area contributed by atoms with Gasteiger partial charge in [-0.05, 0) is 36.1 Å². The lowest BCUT2D eigenvalue weighted by atomic mass is 9.74. The Morgan fingerprint density at radius 1 is 1.07 bits per heavy atom. The van der Waals surface area contributed by atoms with Gasteiger partial charge < -0.3 is 15.3 Å². The fourth-order valence-electron chi connectivity index (χ4n) is 4.45. The molecule has 2 heterocycles. The second-order valence-corrected chi connectivity index (χ2v) is 7.96. The second kappa shape index (κ2) is 8.74. The van der Waals surface area contributed by atoms with Gasteiger partial charge in [0, 0.05) is 30.8 Å². The Morgan fingerprint density at radius 2 is 1.79 bits per heavy atom. The SMILES string of the molecule is O=C(NC[C@@H]1[C@@H](c2ccccc2)[C@H](CO)N1C(=O)Cc1ccncc1)C1CCC1. The number of carbonyl (C=O) groups excluding carboxylic acids is 2. The third-order valence-corrected chi connectivity index (χ3v) is 6.27. The number of hydrogen-bond acceptors (Lipinski definition) is 4. The number of nitrogens with one attached hydrogen (secondary N) is 1. The molecule has 0 radical (unpaired) electrons. The summed E-state index contributed by atoms with van der Waals surface area (Å²) in [6.45, 7) is 0.308. The molecule has 29 heavy (non-hydrogen) atoms. The van der Waals surface area contributed by atoms with E-state index >= 15 is 0 Å². The quantitative estimate of drug-likeness (QED) is 0.753. The van der Waals surface area contributed by atoms with Crippen LogP contribution in [-0.2, 0) is 16.0 Å². The first-order chi connectivity index (χ1) is 14.2. The highest BCUT2D eigenvalue weighted by molar-refractivity contribution is 5.82. The average Bonchev–Trinajstić information content (AvgIpc) is 2.67. The van der Waals surface area contributed by atoms with Crippen molar-refractivity contribution in [1.82, 2.24) is 15.2 Å². The summed E-state index contributed by atoms with van der Waals surface area (Å²) >= 11 is 0. The highest BCUT2D eigenvalue weighted by Gasteiger charge is 2.50. The molecule has 1 saturated heterocycles. The van der Waals surface area contributed by atoms with E-state index in [0.717, 1.165) is 30.4 Å². The van der Waals surface area contributed by atoms with Crippen LogP contribution < -0.4 is 5.32 Å². The first kappa shape index (κ1) is 19.6. The van der Waals surface area contributed by atoms with Gasteiger partial charge >= 0.3 is 0 Å². The Morgan fingerprint density at radius 3 is 2.41 bits per heavy atom. The van der Waals surface area contributed by atoms with Crippen LogP contribution in [0.1, 0.15) is 36.3 Å². The number of benzene rings is 1. The fraction of sp³-hybridized carbons (Fsp3) is 0.435. The van der Waals surface area contributed by atoms with Crippen LogP contribution in [-0.4, -0.2) is 52.0 Å². The van der Waals surface area contributed by atoms with Gasteiger partial charge in [-0.2, -0.15) is 0 Å². The van der Waals surface area contributed by atoms with Crippen molar-refractivity contribution < 1.29 is 14.7 Å². The maximum Gasteiger partial charge on any atom is 0.227 e. The van der Waals surface area contributed by atoms with Gasteiger partial charge in [-0.1, -0.05) is 36.8 Å². The minimum atomic E-state index is -0.280. The van der Waals surface area contributed by atoms with Gasteiger partial charge in [-0.25, -0.2) is 0 Å². The minimum absolute atomic E-state index is 0.00396. The maximum absolute atomic E-state index is 13.1. The van der Waals surface area contributed by atoms with Crippen LogP contribution >= 0.6 is 0 Å². The summed E-state index contributed by atoms with van der Waals surface area (Å²) in [6, 6.07) is 13.2. The number of carbonyl (C=O) groups is 2. The van der Waals surface area contributed by atoms with Crippen molar-refractivity contribution in [2.45, 2.75) is 43.7 Å². The number of amides is 2. The van der Waals surface area contributed by atoms with Gasteiger partial charge in [0.15, 0.2) is 0 Å². The van der Waals surface area contributed by atoms with E-state index in [9.17, 15) is 14.7 Å². The molecule has 2 aromatic rings. The molecule has 1 aliphatic carbocycles. The Kier molecular flexibility index (Phi) is 5.90. The third-order valence-electron chi connectivity index (χ3n) is 6.27. The molecule has 4 rings (SSSR count). The van der Waals surface area contributed by atoms with E-state index in [1.54, 1.807) is 17.3 Å². The summed E-state index contributed by atoms with van der Waals surface area (Å²) < 4.78 is 0. The molecule has 1 aromatic heterocycles. The van der Waals surface area contributed by atoms with E-state index in [1.165, 1.54) is 0 Å². The van der Waals surface area contributed by atoms with E-state index < -0.39 is 0 Å². The van der Waals surface area contributed by atoms with Crippen LogP contribution in [0.15, 0.2) is 54.9 Å². The molecule has 1 saturated carbocycles. The molecule has 152 valence electrons. The molecule has 2 amide bonds. The highest BCUT2D eigenvalue weighted by Crippen LogP contribution is 2.41. The number of aliphatic hydroxyl groups is 1. The Labute approximate surface area is 171 Å². The van der Waals surface area contributed by atoms with Crippen LogP contribution in [0.25, 0.3) is 0 Å². The molecular formula is C23H27N3O3. The number of hydrogen-bond donors (Lipinski definition) is 2. The van der Waals surface area contributed by atoms with Crippen molar-refractivity contribution in [3.63, 3.8) is 0 Å².